The van der Waals surface area contributed by atoms with Gasteiger partial charge in [-0.2, -0.15) is 13.9 Å². The molecule has 1 aliphatic heterocycles. The Bertz CT molecular complexity index is 521. The molecular weight excluding hydrogens is 314 g/mol. The van der Waals surface area contributed by atoms with Gasteiger partial charge in [0.15, 0.2) is 0 Å². The molecule has 5 nitrogen and oxygen atoms in total. The van der Waals surface area contributed by atoms with Crippen LogP contribution in [0.2, 0.25) is 0 Å². The van der Waals surface area contributed by atoms with Crippen LogP contribution in [0, 0.1) is 13.8 Å². The van der Waals surface area contributed by atoms with Crippen molar-refractivity contribution in [3.8, 4) is 0 Å². The number of nitrogens with one attached hydrogen (secondary N) is 2. The minimum atomic E-state index is -2.68. The summed E-state index contributed by atoms with van der Waals surface area (Å²) in [6.07, 6.45) is 1.88. The third kappa shape index (κ3) is 4.39. The summed E-state index contributed by atoms with van der Waals surface area (Å²) < 4.78 is 26.2. The first kappa shape index (κ1) is 18.8. The number of carbonyl (C=O) groups excluding carboxylic acids is 1. The van der Waals surface area contributed by atoms with Crippen LogP contribution in [0.1, 0.15) is 43.3 Å². The Labute approximate surface area is 135 Å². The van der Waals surface area contributed by atoms with E-state index in [-0.39, 0.29) is 30.8 Å². The van der Waals surface area contributed by atoms with Gasteiger partial charge in [-0.15, -0.1) is 12.4 Å². The number of hydrogen-bond donors (Lipinski definition) is 2. The van der Waals surface area contributed by atoms with Crippen molar-refractivity contribution in [2.75, 3.05) is 6.54 Å². The molecule has 1 amide bonds. The van der Waals surface area contributed by atoms with Gasteiger partial charge in [0, 0.05) is 23.3 Å². The van der Waals surface area contributed by atoms with E-state index < -0.39 is 6.55 Å². The van der Waals surface area contributed by atoms with Gasteiger partial charge in [0.1, 0.15) is 0 Å². The Morgan fingerprint density at radius 1 is 1.50 bits per heavy atom. The van der Waals surface area contributed by atoms with Gasteiger partial charge in [0.05, 0.1) is 12.1 Å². The van der Waals surface area contributed by atoms with Crippen LogP contribution in [0.4, 0.5) is 8.78 Å². The molecule has 0 saturated carbocycles. The highest BCUT2D eigenvalue weighted by Crippen LogP contribution is 2.20. The molecule has 1 fully saturated rings. The molecule has 1 aromatic heterocycles. The summed E-state index contributed by atoms with van der Waals surface area (Å²) in [4.78, 5) is 12.1. The number of nitrogens with zero attached hydrogens (tertiary/aromatic N) is 2. The van der Waals surface area contributed by atoms with Gasteiger partial charge >= 0.3 is 6.55 Å². The smallest absolute Gasteiger partial charge is 0.333 e. The zero-order chi connectivity index (χ0) is 15.6. The molecule has 0 radical (unpaired) electrons. The van der Waals surface area contributed by atoms with E-state index in [9.17, 15) is 13.6 Å². The van der Waals surface area contributed by atoms with Crippen LogP contribution in [0.5, 0.6) is 0 Å². The number of aryl methyl sites for hydroxylation is 1. The number of aromatic nitrogens is 2. The van der Waals surface area contributed by atoms with Gasteiger partial charge in [-0.25, -0.2) is 4.68 Å². The number of carbonyl (C=O) groups is 1. The Kier molecular flexibility index (Phi) is 6.74. The standard InChI is InChI=1S/C14H22F2N4O.ClH/c1-8-6-11(4-5-17-8)18-13(21)7-12-9(2)19-20(10(12)3)14(15)16;/h8,11,14,17H,4-7H2,1-3H3,(H,18,21);1H. The van der Waals surface area contributed by atoms with Crippen LogP contribution in [0.25, 0.3) is 0 Å². The average Bonchev–Trinajstić information content (AvgIpc) is 2.67. The molecule has 2 heterocycles. The second-order valence-corrected chi connectivity index (χ2v) is 5.69. The Morgan fingerprint density at radius 3 is 2.73 bits per heavy atom. The van der Waals surface area contributed by atoms with Crippen molar-refractivity contribution in [1.29, 1.82) is 0 Å². The molecule has 1 saturated heterocycles. The zero-order valence-corrected chi connectivity index (χ0v) is 13.8. The second-order valence-electron chi connectivity index (χ2n) is 5.69. The molecule has 2 rings (SSSR count). The molecule has 2 atom stereocenters. The highest BCUT2D eigenvalue weighted by molar-refractivity contribution is 5.85. The highest BCUT2D eigenvalue weighted by atomic mass is 35.5. The summed E-state index contributed by atoms with van der Waals surface area (Å²) >= 11 is 0. The van der Waals surface area contributed by atoms with Gasteiger partial charge in [-0.3, -0.25) is 4.79 Å². The third-order valence-electron chi connectivity index (χ3n) is 3.99. The number of rotatable bonds is 4. The number of alkyl halides is 2. The summed E-state index contributed by atoms with van der Waals surface area (Å²) in [7, 11) is 0. The Balaban J connectivity index is 0.00000242. The van der Waals surface area contributed by atoms with Gasteiger partial charge in [0.2, 0.25) is 5.91 Å². The lowest BCUT2D eigenvalue weighted by Crippen LogP contribution is -2.47. The van der Waals surface area contributed by atoms with Crippen molar-refractivity contribution in [2.45, 2.75) is 58.7 Å². The van der Waals surface area contributed by atoms with E-state index in [1.807, 2.05) is 0 Å². The first-order valence-corrected chi connectivity index (χ1v) is 7.24. The van der Waals surface area contributed by atoms with E-state index in [0.29, 0.717) is 27.7 Å². The summed E-state index contributed by atoms with van der Waals surface area (Å²) in [5.41, 5.74) is 1.44. The molecule has 1 aliphatic rings. The number of halogens is 3. The van der Waals surface area contributed by atoms with E-state index in [4.69, 9.17) is 0 Å². The van der Waals surface area contributed by atoms with E-state index in [1.54, 1.807) is 13.8 Å². The van der Waals surface area contributed by atoms with E-state index in [1.165, 1.54) is 0 Å². The predicted molar refractivity (Wildman–Crippen MR) is 82.5 cm³/mol. The van der Waals surface area contributed by atoms with Gasteiger partial charge in [0.25, 0.3) is 0 Å². The molecule has 2 N–H and O–H groups in total. The molecule has 126 valence electrons. The summed E-state index contributed by atoms with van der Waals surface area (Å²) in [6, 6.07) is 0.536. The highest BCUT2D eigenvalue weighted by Gasteiger charge is 2.22. The quantitative estimate of drug-likeness (QED) is 0.885. The summed E-state index contributed by atoms with van der Waals surface area (Å²) in [5, 5.41) is 10.1. The number of piperidine rings is 1. The van der Waals surface area contributed by atoms with Crippen molar-refractivity contribution in [3.63, 3.8) is 0 Å². The van der Waals surface area contributed by atoms with Gasteiger partial charge < -0.3 is 10.6 Å². The largest absolute Gasteiger partial charge is 0.353 e. The van der Waals surface area contributed by atoms with Crippen LogP contribution in [-0.2, 0) is 11.2 Å². The maximum atomic E-state index is 12.8. The van der Waals surface area contributed by atoms with E-state index in [2.05, 4.69) is 22.7 Å². The third-order valence-corrected chi connectivity index (χ3v) is 3.99. The summed E-state index contributed by atoms with van der Waals surface area (Å²) in [6.45, 7) is 3.51. The fourth-order valence-corrected chi connectivity index (χ4v) is 2.85. The first-order chi connectivity index (χ1) is 9.88. The lowest BCUT2D eigenvalue weighted by Gasteiger charge is -2.28. The van der Waals surface area contributed by atoms with Crippen LogP contribution in [0.3, 0.4) is 0 Å². The van der Waals surface area contributed by atoms with Crippen LogP contribution < -0.4 is 10.6 Å². The predicted octanol–water partition coefficient (Wildman–Crippen LogP) is 2.12. The molecule has 2 unspecified atom stereocenters. The van der Waals surface area contributed by atoms with Crippen molar-refractivity contribution < 1.29 is 13.6 Å². The van der Waals surface area contributed by atoms with Crippen molar-refractivity contribution >= 4 is 18.3 Å². The molecular formula is C14H23ClF2N4O. The minimum Gasteiger partial charge on any atom is -0.353 e. The van der Waals surface area contributed by atoms with Crippen LogP contribution >= 0.6 is 12.4 Å². The molecule has 0 spiro atoms. The molecule has 1 aromatic rings. The van der Waals surface area contributed by atoms with Gasteiger partial charge in [-0.05, 0) is 40.2 Å². The molecule has 0 bridgehead atoms. The first-order valence-electron chi connectivity index (χ1n) is 7.24. The monoisotopic (exact) mass is 336 g/mol. The average molecular weight is 337 g/mol. The maximum Gasteiger partial charge on any atom is 0.333 e. The fourth-order valence-electron chi connectivity index (χ4n) is 2.85. The topological polar surface area (TPSA) is 59.0 Å². The van der Waals surface area contributed by atoms with Gasteiger partial charge in [-0.1, -0.05) is 0 Å². The lowest BCUT2D eigenvalue weighted by atomic mass is 10.00. The Hall–Kier alpha value is -1.21. The molecule has 22 heavy (non-hydrogen) atoms. The lowest BCUT2D eigenvalue weighted by molar-refractivity contribution is -0.121. The van der Waals surface area contributed by atoms with Crippen LogP contribution in [0.15, 0.2) is 0 Å². The summed E-state index contributed by atoms with van der Waals surface area (Å²) in [5.74, 6) is -0.130. The molecule has 8 heteroatoms. The van der Waals surface area contributed by atoms with Crippen molar-refractivity contribution in [2.24, 2.45) is 0 Å². The zero-order valence-electron chi connectivity index (χ0n) is 13.0. The molecule has 0 aromatic carbocycles. The second kappa shape index (κ2) is 7.87. The van der Waals surface area contributed by atoms with Crippen molar-refractivity contribution in [1.82, 2.24) is 20.4 Å². The van der Waals surface area contributed by atoms with Crippen LogP contribution in [-0.4, -0.2) is 34.3 Å². The maximum absolute atomic E-state index is 12.8. The number of hydrogen-bond acceptors (Lipinski definition) is 3. The fraction of sp³-hybridized carbons (Fsp3) is 0.714. The normalized spacial score (nSPS) is 21.5. The van der Waals surface area contributed by atoms with Crippen molar-refractivity contribution in [3.05, 3.63) is 17.0 Å². The number of amides is 1. The Morgan fingerprint density at radius 2 is 2.18 bits per heavy atom. The molecule has 0 aliphatic carbocycles. The SMILES string of the molecule is Cc1nn(C(F)F)c(C)c1CC(=O)NC1CCNC(C)C1.Cl. The van der Waals surface area contributed by atoms with E-state index in [0.717, 1.165) is 19.4 Å². The van der Waals surface area contributed by atoms with E-state index >= 15 is 0 Å². The minimum absolute atomic E-state index is 0.